The number of urea groups is 1. The van der Waals surface area contributed by atoms with E-state index < -0.39 is 6.03 Å². The average Bonchev–Trinajstić information content (AvgIpc) is 2.86. The van der Waals surface area contributed by atoms with E-state index in [1.807, 2.05) is 36.4 Å². The van der Waals surface area contributed by atoms with Crippen molar-refractivity contribution in [2.75, 3.05) is 10.6 Å². The number of hydrogen-bond acceptors (Lipinski definition) is 5. The summed E-state index contributed by atoms with van der Waals surface area (Å²) in [6.45, 7) is 0. The largest absolute Gasteiger partial charge is 0.324 e. The molecule has 0 saturated carbocycles. The third-order valence-electron chi connectivity index (χ3n) is 5.17. The summed E-state index contributed by atoms with van der Waals surface area (Å²) in [5.74, 6) is 0.433. The zero-order valence-corrected chi connectivity index (χ0v) is 18.1. The Kier molecular flexibility index (Phi) is 5.77. The number of hydrogen-bond donors (Lipinski definition) is 2. The minimum Gasteiger partial charge on any atom is -0.308 e. The van der Waals surface area contributed by atoms with Gasteiger partial charge in [0.2, 0.25) is 0 Å². The third kappa shape index (κ3) is 4.51. The van der Waals surface area contributed by atoms with Crippen molar-refractivity contribution in [2.24, 2.45) is 0 Å². The summed E-state index contributed by atoms with van der Waals surface area (Å²) in [5.41, 5.74) is 3.29. The maximum absolute atomic E-state index is 13.5. The van der Waals surface area contributed by atoms with Crippen LogP contribution in [0.4, 0.5) is 16.3 Å². The van der Waals surface area contributed by atoms with Gasteiger partial charge in [-0.05, 0) is 48.0 Å². The van der Waals surface area contributed by atoms with Crippen molar-refractivity contribution >= 4 is 28.7 Å². The molecule has 3 heterocycles. The molecule has 2 N–H and O–H groups in total. The first-order valence-corrected chi connectivity index (χ1v) is 10.7. The molecule has 8 nitrogen and oxygen atoms in total. The fourth-order valence-corrected chi connectivity index (χ4v) is 3.65. The Labute approximate surface area is 195 Å². The Morgan fingerprint density at radius 1 is 0.824 bits per heavy atom. The van der Waals surface area contributed by atoms with Crippen LogP contribution in [0.2, 0.25) is 0 Å². The SMILES string of the molecule is O=C(Nc1cccc(-n2c(=O)c(Cc3ccccc3)nc3cccnc32)c1)Nc1ccccn1. The van der Waals surface area contributed by atoms with Crippen LogP contribution in [0.25, 0.3) is 16.9 Å². The highest BCUT2D eigenvalue weighted by molar-refractivity contribution is 5.99. The fourth-order valence-electron chi connectivity index (χ4n) is 3.65. The number of anilines is 2. The van der Waals surface area contributed by atoms with Gasteiger partial charge in [-0.1, -0.05) is 42.5 Å². The van der Waals surface area contributed by atoms with Crippen LogP contribution >= 0.6 is 0 Å². The van der Waals surface area contributed by atoms with Crippen molar-refractivity contribution in [1.82, 2.24) is 19.5 Å². The van der Waals surface area contributed by atoms with E-state index in [1.54, 1.807) is 60.9 Å². The van der Waals surface area contributed by atoms with Crippen molar-refractivity contribution < 1.29 is 4.79 Å². The Morgan fingerprint density at radius 3 is 2.47 bits per heavy atom. The van der Waals surface area contributed by atoms with E-state index in [0.29, 0.717) is 40.5 Å². The topological polar surface area (TPSA) is 102 Å². The van der Waals surface area contributed by atoms with Crippen molar-refractivity contribution in [3.05, 3.63) is 119 Å². The summed E-state index contributed by atoms with van der Waals surface area (Å²) in [7, 11) is 0. The molecule has 0 saturated heterocycles. The van der Waals surface area contributed by atoms with E-state index >= 15 is 0 Å². The maximum Gasteiger partial charge on any atom is 0.324 e. The lowest BCUT2D eigenvalue weighted by Gasteiger charge is -2.13. The molecule has 0 aliphatic rings. The molecule has 0 aliphatic heterocycles. The van der Waals surface area contributed by atoms with Gasteiger partial charge >= 0.3 is 6.03 Å². The first-order valence-electron chi connectivity index (χ1n) is 10.7. The number of aromatic nitrogens is 4. The van der Waals surface area contributed by atoms with Gasteiger partial charge in [-0.25, -0.2) is 19.7 Å². The minimum absolute atomic E-state index is 0.259. The smallest absolute Gasteiger partial charge is 0.308 e. The molecular formula is C26H20N6O2. The van der Waals surface area contributed by atoms with Crippen LogP contribution in [0.5, 0.6) is 0 Å². The molecule has 3 aromatic heterocycles. The zero-order chi connectivity index (χ0) is 23.3. The Bertz CT molecular complexity index is 1520. The van der Waals surface area contributed by atoms with Crippen LogP contribution in [-0.2, 0) is 6.42 Å². The molecule has 5 aromatic rings. The third-order valence-corrected chi connectivity index (χ3v) is 5.17. The van der Waals surface area contributed by atoms with Gasteiger partial charge in [0.05, 0.1) is 5.69 Å². The standard InChI is InChI=1S/C26H20N6O2/c33-25-22(16-18-8-2-1-3-9-18)30-21-12-7-15-28-24(21)32(25)20-11-6-10-19(17-20)29-26(34)31-23-13-4-5-14-27-23/h1-15,17H,16H2,(H2,27,29,31,34). The first-order chi connectivity index (χ1) is 16.7. The number of carbonyl (C=O) groups excluding carboxylic acids is 1. The van der Waals surface area contributed by atoms with Gasteiger partial charge in [-0.3, -0.25) is 14.7 Å². The van der Waals surface area contributed by atoms with Crippen molar-refractivity contribution in [1.29, 1.82) is 0 Å². The summed E-state index contributed by atoms with van der Waals surface area (Å²) < 4.78 is 1.53. The van der Waals surface area contributed by atoms with Crippen molar-refractivity contribution in [2.45, 2.75) is 6.42 Å². The lowest BCUT2D eigenvalue weighted by atomic mass is 10.1. The highest BCUT2D eigenvalue weighted by atomic mass is 16.2. The Balaban J connectivity index is 1.52. The highest BCUT2D eigenvalue weighted by Gasteiger charge is 2.15. The number of carbonyl (C=O) groups is 1. The summed E-state index contributed by atoms with van der Waals surface area (Å²) in [6.07, 6.45) is 3.62. The van der Waals surface area contributed by atoms with E-state index in [2.05, 4.69) is 25.6 Å². The van der Waals surface area contributed by atoms with Crippen LogP contribution in [0.3, 0.4) is 0 Å². The summed E-state index contributed by atoms with van der Waals surface area (Å²) in [4.78, 5) is 39.0. The molecule has 0 unspecified atom stereocenters. The van der Waals surface area contributed by atoms with Crippen LogP contribution in [0, 0.1) is 0 Å². The number of rotatable bonds is 5. The predicted octanol–water partition coefficient (Wildman–Crippen LogP) is 4.41. The second-order valence-corrected chi connectivity index (χ2v) is 7.55. The average molecular weight is 448 g/mol. The molecule has 0 aliphatic carbocycles. The molecule has 0 spiro atoms. The monoisotopic (exact) mass is 448 g/mol. The van der Waals surface area contributed by atoms with Crippen LogP contribution in [0.1, 0.15) is 11.3 Å². The summed E-state index contributed by atoms with van der Waals surface area (Å²) in [6, 6.07) is 25.2. The highest BCUT2D eigenvalue weighted by Crippen LogP contribution is 2.18. The molecule has 0 fully saturated rings. The molecule has 8 heteroatoms. The van der Waals surface area contributed by atoms with E-state index in [9.17, 15) is 9.59 Å². The minimum atomic E-state index is -0.439. The van der Waals surface area contributed by atoms with E-state index in [1.165, 1.54) is 4.57 Å². The summed E-state index contributed by atoms with van der Waals surface area (Å²) in [5, 5.41) is 5.46. The first kappa shape index (κ1) is 21.0. The number of fused-ring (bicyclic) bond motifs is 1. The molecule has 5 rings (SSSR count). The number of pyridine rings is 2. The zero-order valence-electron chi connectivity index (χ0n) is 18.1. The van der Waals surface area contributed by atoms with Gasteiger partial charge in [0.15, 0.2) is 5.65 Å². The number of benzene rings is 2. The lowest BCUT2D eigenvalue weighted by molar-refractivity contribution is 0.262. The molecule has 0 atom stereocenters. The van der Waals surface area contributed by atoms with Gasteiger partial charge < -0.3 is 5.32 Å². The molecule has 166 valence electrons. The van der Waals surface area contributed by atoms with E-state index in [-0.39, 0.29) is 5.56 Å². The van der Waals surface area contributed by atoms with E-state index in [4.69, 9.17) is 0 Å². The Hall–Kier alpha value is -4.85. The number of nitrogens with one attached hydrogen (secondary N) is 2. The van der Waals surface area contributed by atoms with Crippen molar-refractivity contribution in [3.8, 4) is 5.69 Å². The quantitative estimate of drug-likeness (QED) is 0.415. The van der Waals surface area contributed by atoms with Gasteiger partial charge in [0.1, 0.15) is 17.0 Å². The van der Waals surface area contributed by atoms with Crippen LogP contribution in [-0.4, -0.2) is 25.6 Å². The maximum atomic E-state index is 13.5. The van der Waals surface area contributed by atoms with Gasteiger partial charge in [0, 0.05) is 24.5 Å². The van der Waals surface area contributed by atoms with Gasteiger partial charge in [-0.2, -0.15) is 0 Å². The van der Waals surface area contributed by atoms with Gasteiger partial charge in [-0.15, -0.1) is 0 Å². The van der Waals surface area contributed by atoms with Crippen LogP contribution < -0.4 is 16.2 Å². The van der Waals surface area contributed by atoms with E-state index in [0.717, 1.165) is 5.56 Å². The molecule has 0 bridgehead atoms. The Morgan fingerprint density at radius 2 is 1.65 bits per heavy atom. The number of nitrogens with zero attached hydrogens (tertiary/aromatic N) is 4. The number of amides is 2. The predicted molar refractivity (Wildman–Crippen MR) is 131 cm³/mol. The molecule has 34 heavy (non-hydrogen) atoms. The van der Waals surface area contributed by atoms with Gasteiger partial charge in [0.25, 0.3) is 5.56 Å². The fraction of sp³-hybridized carbons (Fsp3) is 0.0385. The molecule has 2 amide bonds. The second-order valence-electron chi connectivity index (χ2n) is 7.55. The lowest BCUT2D eigenvalue weighted by Crippen LogP contribution is -2.25. The van der Waals surface area contributed by atoms with Crippen LogP contribution in [0.15, 0.2) is 102 Å². The normalized spacial score (nSPS) is 10.7. The summed E-state index contributed by atoms with van der Waals surface area (Å²) >= 11 is 0. The molecule has 0 radical (unpaired) electrons. The molecular weight excluding hydrogens is 428 g/mol. The molecule has 2 aromatic carbocycles. The second kappa shape index (κ2) is 9.33. The van der Waals surface area contributed by atoms with Crippen molar-refractivity contribution in [3.63, 3.8) is 0 Å².